The molecule has 0 fully saturated rings. The molecule has 8 heteroatoms. The minimum absolute atomic E-state index is 0.0263. The maximum absolute atomic E-state index is 13.7. The summed E-state index contributed by atoms with van der Waals surface area (Å²) in [6.45, 7) is 1.41. The summed E-state index contributed by atoms with van der Waals surface area (Å²) < 4.78 is 19.7. The summed E-state index contributed by atoms with van der Waals surface area (Å²) >= 11 is 3.13. The highest BCUT2D eigenvalue weighted by atomic mass is 79.9. The topological polar surface area (TPSA) is 85.0 Å². The van der Waals surface area contributed by atoms with Crippen molar-refractivity contribution >= 4 is 27.3 Å². The van der Waals surface area contributed by atoms with Crippen LogP contribution >= 0.6 is 15.9 Å². The zero-order chi connectivity index (χ0) is 16.3. The van der Waals surface area contributed by atoms with E-state index in [1.807, 2.05) is 0 Å². The van der Waals surface area contributed by atoms with Gasteiger partial charge in [-0.25, -0.2) is 4.39 Å². The van der Waals surface area contributed by atoms with Gasteiger partial charge in [-0.3, -0.25) is 10.1 Å². The van der Waals surface area contributed by atoms with Gasteiger partial charge in [0, 0.05) is 10.5 Å². The van der Waals surface area contributed by atoms with Crippen LogP contribution in [-0.4, -0.2) is 15.8 Å². The molecule has 0 spiro atoms. The molecule has 0 saturated heterocycles. The van der Waals surface area contributed by atoms with Gasteiger partial charge >= 0.3 is 0 Å². The van der Waals surface area contributed by atoms with Gasteiger partial charge in [0.05, 0.1) is 16.2 Å². The molecule has 0 amide bonds. The molecule has 0 atom stereocenters. The third kappa shape index (κ3) is 3.40. The Morgan fingerprint density at radius 3 is 2.68 bits per heavy atom. The van der Waals surface area contributed by atoms with Gasteiger partial charge in [-0.05, 0) is 37.3 Å². The summed E-state index contributed by atoms with van der Waals surface area (Å²) in [5.74, 6) is -0.423. The average Bonchev–Trinajstić information content (AvgIpc) is 2.49. The minimum Gasteiger partial charge on any atom is -0.454 e. The Bertz CT molecular complexity index is 765. The molecule has 0 bridgehead atoms. The lowest BCUT2D eigenvalue weighted by molar-refractivity contribution is -0.385. The number of nitrogens with zero attached hydrogens (tertiary/aromatic N) is 2. The second kappa shape index (κ2) is 6.52. The van der Waals surface area contributed by atoms with Crippen LogP contribution in [0.1, 0.15) is 12.5 Å². The maximum Gasteiger partial charge on any atom is 0.278 e. The van der Waals surface area contributed by atoms with Gasteiger partial charge < -0.3 is 9.94 Å². The van der Waals surface area contributed by atoms with Crippen molar-refractivity contribution in [2.45, 2.75) is 6.92 Å². The molecular formula is C14H10BrFN2O4. The number of hydrogen-bond donors (Lipinski definition) is 1. The van der Waals surface area contributed by atoms with Gasteiger partial charge in [-0.2, -0.15) is 0 Å². The monoisotopic (exact) mass is 368 g/mol. The zero-order valence-corrected chi connectivity index (χ0v) is 12.9. The van der Waals surface area contributed by atoms with Gasteiger partial charge in [-0.1, -0.05) is 21.1 Å². The van der Waals surface area contributed by atoms with Crippen molar-refractivity contribution in [2.24, 2.45) is 5.16 Å². The SMILES string of the molecule is C/C(=N\O)c1cc(Oc2ccc(Br)cc2F)ccc1[N+](=O)[O-]. The highest BCUT2D eigenvalue weighted by Gasteiger charge is 2.18. The van der Waals surface area contributed by atoms with E-state index in [1.165, 1.54) is 37.3 Å². The van der Waals surface area contributed by atoms with Crippen molar-refractivity contribution in [2.75, 3.05) is 0 Å². The van der Waals surface area contributed by atoms with E-state index in [1.54, 1.807) is 6.07 Å². The van der Waals surface area contributed by atoms with E-state index in [4.69, 9.17) is 9.94 Å². The van der Waals surface area contributed by atoms with Crippen molar-refractivity contribution < 1.29 is 19.3 Å². The van der Waals surface area contributed by atoms with Crippen molar-refractivity contribution in [3.8, 4) is 11.5 Å². The van der Waals surface area contributed by atoms with Crippen LogP contribution in [0.25, 0.3) is 0 Å². The zero-order valence-electron chi connectivity index (χ0n) is 11.3. The highest BCUT2D eigenvalue weighted by Crippen LogP contribution is 2.30. The number of ether oxygens (including phenoxy) is 1. The molecule has 0 aromatic heterocycles. The Hall–Kier alpha value is -2.48. The first-order valence-electron chi connectivity index (χ1n) is 6.02. The summed E-state index contributed by atoms with van der Waals surface area (Å²) in [4.78, 5) is 10.4. The first-order chi connectivity index (χ1) is 10.4. The third-order valence-electron chi connectivity index (χ3n) is 2.83. The Kier molecular flexibility index (Phi) is 4.71. The Balaban J connectivity index is 2.42. The van der Waals surface area contributed by atoms with E-state index in [0.717, 1.165) is 0 Å². The number of nitro benzene ring substituents is 1. The molecule has 2 rings (SSSR count). The van der Waals surface area contributed by atoms with E-state index >= 15 is 0 Å². The van der Waals surface area contributed by atoms with E-state index < -0.39 is 10.7 Å². The molecule has 0 radical (unpaired) electrons. The minimum atomic E-state index is -0.603. The van der Waals surface area contributed by atoms with E-state index in [-0.39, 0.29) is 28.5 Å². The number of oxime groups is 1. The van der Waals surface area contributed by atoms with Crippen molar-refractivity contribution in [1.29, 1.82) is 0 Å². The molecule has 2 aromatic carbocycles. The number of rotatable bonds is 4. The molecule has 114 valence electrons. The molecule has 6 nitrogen and oxygen atoms in total. The number of hydrogen-bond acceptors (Lipinski definition) is 5. The van der Waals surface area contributed by atoms with E-state index in [9.17, 15) is 14.5 Å². The van der Waals surface area contributed by atoms with Crippen molar-refractivity contribution in [1.82, 2.24) is 0 Å². The molecule has 22 heavy (non-hydrogen) atoms. The lowest BCUT2D eigenvalue weighted by Crippen LogP contribution is -2.02. The molecule has 0 aliphatic heterocycles. The fraction of sp³-hybridized carbons (Fsp3) is 0.0714. The van der Waals surface area contributed by atoms with Gasteiger partial charge in [-0.15, -0.1) is 0 Å². The van der Waals surface area contributed by atoms with Crippen molar-refractivity contribution in [3.05, 3.63) is 62.4 Å². The predicted octanol–water partition coefficient (Wildman–Crippen LogP) is 4.49. The second-order valence-electron chi connectivity index (χ2n) is 4.30. The van der Waals surface area contributed by atoms with E-state index in [2.05, 4.69) is 21.1 Å². The normalized spacial score (nSPS) is 11.3. The largest absolute Gasteiger partial charge is 0.454 e. The molecule has 0 saturated carbocycles. The summed E-state index contributed by atoms with van der Waals surface area (Å²) in [5, 5.41) is 22.7. The molecule has 2 aromatic rings. The number of halogens is 2. The Morgan fingerprint density at radius 1 is 1.36 bits per heavy atom. The standard InChI is InChI=1S/C14H10BrFN2O4/c1-8(17-19)11-7-10(3-4-13(11)18(20)21)22-14-5-2-9(15)6-12(14)16/h2-7,19H,1H3/b17-8+. The molecule has 0 unspecified atom stereocenters. The number of benzene rings is 2. The van der Waals surface area contributed by atoms with Crippen LogP contribution in [0.5, 0.6) is 11.5 Å². The lowest BCUT2D eigenvalue weighted by atomic mass is 10.1. The maximum atomic E-state index is 13.7. The van der Waals surface area contributed by atoms with Crippen LogP contribution in [0.2, 0.25) is 0 Å². The number of nitro groups is 1. The fourth-order valence-electron chi connectivity index (χ4n) is 1.77. The summed E-state index contributed by atoms with van der Waals surface area (Å²) in [6.07, 6.45) is 0. The van der Waals surface area contributed by atoms with Crippen LogP contribution in [0, 0.1) is 15.9 Å². The predicted molar refractivity (Wildman–Crippen MR) is 81.3 cm³/mol. The Morgan fingerprint density at radius 2 is 2.09 bits per heavy atom. The fourth-order valence-corrected chi connectivity index (χ4v) is 2.10. The summed E-state index contributed by atoms with van der Waals surface area (Å²) in [7, 11) is 0. The van der Waals surface area contributed by atoms with Crippen LogP contribution < -0.4 is 4.74 Å². The molecular weight excluding hydrogens is 359 g/mol. The second-order valence-corrected chi connectivity index (χ2v) is 5.21. The average molecular weight is 369 g/mol. The van der Waals surface area contributed by atoms with Crippen LogP contribution in [0.4, 0.5) is 10.1 Å². The van der Waals surface area contributed by atoms with Crippen LogP contribution in [0.15, 0.2) is 46.0 Å². The first kappa shape index (κ1) is 15.9. The molecule has 0 aliphatic carbocycles. The first-order valence-corrected chi connectivity index (χ1v) is 6.82. The van der Waals surface area contributed by atoms with Gasteiger partial charge in [0.1, 0.15) is 5.75 Å². The molecule has 1 N–H and O–H groups in total. The quantitative estimate of drug-likeness (QED) is 0.373. The van der Waals surface area contributed by atoms with Gasteiger partial charge in [0.25, 0.3) is 5.69 Å². The summed E-state index contributed by atoms with van der Waals surface area (Å²) in [5.41, 5.74) is -0.102. The smallest absolute Gasteiger partial charge is 0.278 e. The van der Waals surface area contributed by atoms with Crippen molar-refractivity contribution in [3.63, 3.8) is 0 Å². The van der Waals surface area contributed by atoms with Crippen LogP contribution in [-0.2, 0) is 0 Å². The molecule has 0 aliphatic rings. The summed E-state index contributed by atoms with van der Waals surface area (Å²) in [6, 6.07) is 8.12. The highest BCUT2D eigenvalue weighted by molar-refractivity contribution is 9.10. The lowest BCUT2D eigenvalue weighted by Gasteiger charge is -2.09. The van der Waals surface area contributed by atoms with E-state index in [0.29, 0.717) is 4.47 Å². The van der Waals surface area contributed by atoms with Crippen LogP contribution in [0.3, 0.4) is 0 Å². The third-order valence-corrected chi connectivity index (χ3v) is 3.32. The molecule has 0 heterocycles. The Labute approximate surface area is 133 Å². The van der Waals surface area contributed by atoms with Gasteiger partial charge in [0.15, 0.2) is 11.6 Å². The van der Waals surface area contributed by atoms with Gasteiger partial charge in [0.2, 0.25) is 0 Å².